The molecule has 3 aromatic rings. The predicted octanol–water partition coefficient (Wildman–Crippen LogP) is 2.87. The van der Waals surface area contributed by atoms with Crippen molar-refractivity contribution in [1.29, 1.82) is 0 Å². The van der Waals surface area contributed by atoms with Crippen LogP contribution in [0.2, 0.25) is 0 Å². The van der Waals surface area contributed by atoms with Gasteiger partial charge in [0.25, 0.3) is 0 Å². The van der Waals surface area contributed by atoms with Crippen molar-refractivity contribution in [2.75, 3.05) is 32.8 Å². The van der Waals surface area contributed by atoms with Crippen molar-refractivity contribution < 1.29 is 14.1 Å². The van der Waals surface area contributed by atoms with Gasteiger partial charge in [0.1, 0.15) is 5.69 Å². The molecular weight excluding hydrogens is 354 g/mol. The fraction of sp³-hybridized carbons (Fsp3) is 0.364. The zero-order valence-electron chi connectivity index (χ0n) is 16.1. The highest BCUT2D eigenvalue weighted by molar-refractivity contribution is 5.86. The van der Waals surface area contributed by atoms with E-state index in [1.165, 1.54) is 5.56 Å². The van der Waals surface area contributed by atoms with E-state index < -0.39 is 0 Å². The van der Waals surface area contributed by atoms with E-state index >= 15 is 0 Å². The zero-order chi connectivity index (χ0) is 19.3. The molecule has 1 saturated heterocycles. The number of benzene rings is 2. The second-order valence-electron chi connectivity index (χ2n) is 7.25. The Morgan fingerprint density at radius 1 is 1.14 bits per heavy atom. The standard InChI is InChI=1S/C22H25N3O3/c1-16-6-8-17(9-7-16)20(15-25-10-12-27-13-11-25)23-22(26)14-19-18-4-2-3-5-21(18)28-24-19/h2-9,20H,10-15H2,1H3,(H,23,26)/t20-/m1/s1. The molecule has 0 radical (unpaired) electrons. The van der Waals surface area contributed by atoms with Crippen LogP contribution in [0.1, 0.15) is 22.9 Å². The fourth-order valence-electron chi connectivity index (χ4n) is 3.54. The third-order valence-electron chi connectivity index (χ3n) is 5.14. The second kappa shape index (κ2) is 8.54. The summed E-state index contributed by atoms with van der Waals surface area (Å²) in [4.78, 5) is 15.1. The predicted molar refractivity (Wildman–Crippen MR) is 107 cm³/mol. The quantitative estimate of drug-likeness (QED) is 0.713. The first-order valence-corrected chi connectivity index (χ1v) is 9.68. The van der Waals surface area contributed by atoms with Crippen LogP contribution in [0.3, 0.4) is 0 Å². The maximum absolute atomic E-state index is 12.8. The van der Waals surface area contributed by atoms with E-state index in [0.29, 0.717) is 11.3 Å². The molecule has 1 aliphatic rings. The number of morpholine rings is 1. The van der Waals surface area contributed by atoms with Crippen LogP contribution in [-0.2, 0) is 16.0 Å². The summed E-state index contributed by atoms with van der Waals surface area (Å²) in [5.41, 5.74) is 3.68. The molecule has 0 saturated carbocycles. The van der Waals surface area contributed by atoms with Gasteiger partial charge in [0, 0.05) is 25.0 Å². The highest BCUT2D eigenvalue weighted by Gasteiger charge is 2.21. The number of para-hydroxylation sites is 1. The van der Waals surface area contributed by atoms with Crippen molar-refractivity contribution in [2.45, 2.75) is 19.4 Å². The number of nitrogens with zero attached hydrogens (tertiary/aromatic N) is 2. The zero-order valence-corrected chi connectivity index (χ0v) is 16.1. The van der Waals surface area contributed by atoms with Crippen molar-refractivity contribution in [3.63, 3.8) is 0 Å². The Balaban J connectivity index is 1.49. The molecule has 1 N–H and O–H groups in total. The molecule has 28 heavy (non-hydrogen) atoms. The van der Waals surface area contributed by atoms with Gasteiger partial charge in [-0.05, 0) is 24.6 Å². The van der Waals surface area contributed by atoms with E-state index in [4.69, 9.17) is 9.26 Å². The Hall–Kier alpha value is -2.70. The third kappa shape index (κ3) is 4.40. The second-order valence-corrected chi connectivity index (χ2v) is 7.25. The van der Waals surface area contributed by atoms with E-state index in [1.54, 1.807) is 0 Å². The average Bonchev–Trinajstić information content (AvgIpc) is 3.12. The SMILES string of the molecule is Cc1ccc([C@@H](CN2CCOCC2)NC(=O)Cc2noc3ccccc23)cc1. The number of rotatable bonds is 6. The van der Waals surface area contributed by atoms with Crippen molar-refractivity contribution in [2.24, 2.45) is 0 Å². The number of amides is 1. The van der Waals surface area contributed by atoms with Crippen LogP contribution in [0, 0.1) is 6.92 Å². The van der Waals surface area contributed by atoms with Gasteiger partial charge in [-0.1, -0.05) is 47.1 Å². The lowest BCUT2D eigenvalue weighted by Crippen LogP contribution is -2.43. The number of hydrogen-bond acceptors (Lipinski definition) is 5. The Labute approximate surface area is 164 Å². The van der Waals surface area contributed by atoms with E-state index in [9.17, 15) is 4.79 Å². The van der Waals surface area contributed by atoms with Gasteiger partial charge in [-0.25, -0.2) is 0 Å². The normalized spacial score (nSPS) is 16.2. The maximum Gasteiger partial charge on any atom is 0.226 e. The molecule has 0 aliphatic carbocycles. The Kier molecular flexibility index (Phi) is 5.69. The minimum Gasteiger partial charge on any atom is -0.379 e. The molecule has 1 aromatic heterocycles. The Morgan fingerprint density at radius 3 is 2.68 bits per heavy atom. The van der Waals surface area contributed by atoms with Crippen molar-refractivity contribution >= 4 is 16.9 Å². The number of fused-ring (bicyclic) bond motifs is 1. The van der Waals surface area contributed by atoms with Gasteiger partial charge in [0.2, 0.25) is 5.91 Å². The van der Waals surface area contributed by atoms with E-state index in [0.717, 1.165) is 43.8 Å². The van der Waals surface area contributed by atoms with E-state index in [1.807, 2.05) is 24.3 Å². The molecule has 0 bridgehead atoms. The molecule has 146 valence electrons. The average molecular weight is 379 g/mol. The summed E-state index contributed by atoms with van der Waals surface area (Å²) >= 11 is 0. The van der Waals surface area contributed by atoms with E-state index in [-0.39, 0.29) is 18.4 Å². The minimum atomic E-state index is -0.0793. The van der Waals surface area contributed by atoms with Crippen LogP contribution >= 0.6 is 0 Å². The molecule has 1 aliphatic heterocycles. The molecule has 0 spiro atoms. The monoisotopic (exact) mass is 379 g/mol. The lowest BCUT2D eigenvalue weighted by atomic mass is 10.0. The van der Waals surface area contributed by atoms with Gasteiger partial charge in [0.15, 0.2) is 5.58 Å². The number of carbonyl (C=O) groups is 1. The molecule has 6 nitrogen and oxygen atoms in total. The van der Waals surface area contributed by atoms with Crippen molar-refractivity contribution in [3.8, 4) is 0 Å². The molecular formula is C22H25N3O3. The topological polar surface area (TPSA) is 67.6 Å². The molecule has 4 rings (SSSR count). The molecule has 1 amide bonds. The van der Waals surface area contributed by atoms with E-state index in [2.05, 4.69) is 46.6 Å². The number of ether oxygens (including phenoxy) is 1. The summed E-state index contributed by atoms with van der Waals surface area (Å²) in [5, 5.41) is 8.17. The number of carbonyl (C=O) groups excluding carboxylic acids is 1. The van der Waals surface area contributed by atoms with Gasteiger partial charge < -0.3 is 14.6 Å². The highest BCUT2D eigenvalue weighted by atomic mass is 16.5. The van der Waals surface area contributed by atoms with Crippen LogP contribution in [0.25, 0.3) is 11.0 Å². The summed E-state index contributed by atoms with van der Waals surface area (Å²) in [5.74, 6) is -0.0575. The highest BCUT2D eigenvalue weighted by Crippen LogP contribution is 2.20. The third-order valence-corrected chi connectivity index (χ3v) is 5.14. The number of hydrogen-bond donors (Lipinski definition) is 1. The van der Waals surface area contributed by atoms with Crippen molar-refractivity contribution in [3.05, 3.63) is 65.4 Å². The first-order chi connectivity index (χ1) is 13.7. The van der Waals surface area contributed by atoms with Crippen LogP contribution < -0.4 is 5.32 Å². The summed E-state index contributed by atoms with van der Waals surface area (Å²) < 4.78 is 10.8. The maximum atomic E-state index is 12.8. The Morgan fingerprint density at radius 2 is 1.89 bits per heavy atom. The number of aryl methyl sites for hydroxylation is 1. The van der Waals surface area contributed by atoms with Gasteiger partial charge in [0.05, 0.1) is 25.7 Å². The summed E-state index contributed by atoms with van der Waals surface area (Å²) in [6.45, 7) is 6.06. The molecule has 6 heteroatoms. The van der Waals surface area contributed by atoms with Crippen LogP contribution in [0.5, 0.6) is 0 Å². The van der Waals surface area contributed by atoms with Gasteiger partial charge in [-0.15, -0.1) is 0 Å². The smallest absolute Gasteiger partial charge is 0.226 e. The van der Waals surface area contributed by atoms with Crippen LogP contribution in [-0.4, -0.2) is 48.8 Å². The molecule has 1 fully saturated rings. The number of aromatic nitrogens is 1. The molecule has 2 heterocycles. The first-order valence-electron chi connectivity index (χ1n) is 9.68. The molecule has 2 aromatic carbocycles. The minimum absolute atomic E-state index is 0.0575. The summed E-state index contributed by atoms with van der Waals surface area (Å²) in [6.07, 6.45) is 0.197. The summed E-state index contributed by atoms with van der Waals surface area (Å²) in [6, 6.07) is 15.9. The lowest BCUT2D eigenvalue weighted by Gasteiger charge is -2.31. The van der Waals surface area contributed by atoms with Gasteiger partial charge >= 0.3 is 0 Å². The molecule has 1 atom stereocenters. The fourth-order valence-corrected chi connectivity index (χ4v) is 3.54. The Bertz CT molecular complexity index is 930. The van der Waals surface area contributed by atoms with Crippen LogP contribution in [0.15, 0.2) is 53.1 Å². The van der Waals surface area contributed by atoms with Gasteiger partial charge in [-0.2, -0.15) is 0 Å². The van der Waals surface area contributed by atoms with Crippen molar-refractivity contribution in [1.82, 2.24) is 15.4 Å². The lowest BCUT2D eigenvalue weighted by molar-refractivity contribution is -0.121. The van der Waals surface area contributed by atoms with Gasteiger partial charge in [-0.3, -0.25) is 9.69 Å². The van der Waals surface area contributed by atoms with Crippen LogP contribution in [0.4, 0.5) is 0 Å². The number of nitrogens with one attached hydrogen (secondary N) is 1. The summed E-state index contributed by atoms with van der Waals surface area (Å²) in [7, 11) is 0. The molecule has 0 unspecified atom stereocenters. The largest absolute Gasteiger partial charge is 0.379 e. The first kappa shape index (κ1) is 18.7.